The Bertz CT molecular complexity index is 1080. The Morgan fingerprint density at radius 2 is 2.00 bits per heavy atom. The molecule has 2 amide bonds. The van der Waals surface area contributed by atoms with Crippen molar-refractivity contribution in [2.75, 3.05) is 19.0 Å². The summed E-state index contributed by atoms with van der Waals surface area (Å²) >= 11 is 6.36. The van der Waals surface area contributed by atoms with Gasteiger partial charge >= 0.3 is 5.97 Å². The lowest BCUT2D eigenvalue weighted by Gasteiger charge is -2.15. The van der Waals surface area contributed by atoms with E-state index in [9.17, 15) is 19.5 Å². The van der Waals surface area contributed by atoms with Gasteiger partial charge in [-0.05, 0) is 36.8 Å². The van der Waals surface area contributed by atoms with Gasteiger partial charge < -0.3 is 15.2 Å². The van der Waals surface area contributed by atoms with Gasteiger partial charge in [0, 0.05) is 5.56 Å². The monoisotopic (exact) mass is 442 g/mol. The Kier molecular flexibility index (Phi) is 6.53. The molecule has 30 heavy (non-hydrogen) atoms. The van der Waals surface area contributed by atoms with Gasteiger partial charge in [0.2, 0.25) is 5.91 Å². The SMILES string of the molecule is COc1ccccc1/C=C1\SC(=S)N(CC(=O)Nc2cc(C)ccc2C(=O)O)C1=O. The fourth-order valence-electron chi connectivity index (χ4n) is 2.84. The highest BCUT2D eigenvalue weighted by molar-refractivity contribution is 8.26. The van der Waals surface area contributed by atoms with Crippen LogP contribution in [-0.4, -0.2) is 45.8 Å². The molecule has 0 radical (unpaired) electrons. The maximum absolute atomic E-state index is 12.8. The average molecular weight is 443 g/mol. The van der Waals surface area contributed by atoms with Gasteiger partial charge in [0.1, 0.15) is 16.6 Å². The van der Waals surface area contributed by atoms with E-state index in [1.54, 1.807) is 38.3 Å². The Labute approximate surface area is 182 Å². The van der Waals surface area contributed by atoms with Gasteiger partial charge in [-0.2, -0.15) is 0 Å². The van der Waals surface area contributed by atoms with E-state index in [2.05, 4.69) is 5.32 Å². The molecule has 0 aliphatic carbocycles. The number of carbonyl (C=O) groups excluding carboxylic acids is 2. The Morgan fingerprint density at radius 1 is 1.27 bits per heavy atom. The smallest absolute Gasteiger partial charge is 0.337 e. The van der Waals surface area contributed by atoms with Gasteiger partial charge in [0.15, 0.2) is 0 Å². The molecule has 154 valence electrons. The zero-order valence-electron chi connectivity index (χ0n) is 16.2. The molecule has 1 aliphatic rings. The number of anilines is 1. The fourth-order valence-corrected chi connectivity index (χ4v) is 4.09. The van der Waals surface area contributed by atoms with E-state index in [1.807, 2.05) is 18.2 Å². The van der Waals surface area contributed by atoms with Crippen molar-refractivity contribution in [1.29, 1.82) is 0 Å². The van der Waals surface area contributed by atoms with Crippen LogP contribution in [0.2, 0.25) is 0 Å². The number of nitrogens with one attached hydrogen (secondary N) is 1. The normalized spacial score (nSPS) is 14.9. The first-order chi connectivity index (χ1) is 14.3. The Hall–Kier alpha value is -3.17. The molecule has 7 nitrogen and oxygen atoms in total. The Morgan fingerprint density at radius 3 is 2.70 bits per heavy atom. The van der Waals surface area contributed by atoms with Crippen LogP contribution in [0.25, 0.3) is 6.08 Å². The van der Waals surface area contributed by atoms with Gasteiger partial charge in [0.25, 0.3) is 5.91 Å². The topological polar surface area (TPSA) is 95.9 Å². The van der Waals surface area contributed by atoms with E-state index in [0.717, 1.165) is 22.9 Å². The van der Waals surface area contributed by atoms with Crippen LogP contribution in [0.4, 0.5) is 5.69 Å². The second-order valence-corrected chi connectivity index (χ2v) is 8.09. The van der Waals surface area contributed by atoms with E-state index in [4.69, 9.17) is 17.0 Å². The number of carboxylic acid groups (broad SMARTS) is 1. The standard InChI is InChI=1S/C21H18N2O5S2/c1-12-7-8-14(20(26)27)15(9-12)22-18(24)11-23-19(25)17(30-21(23)29)10-13-5-3-4-6-16(13)28-2/h3-10H,11H2,1-2H3,(H,22,24)(H,26,27)/b17-10-. The lowest BCUT2D eigenvalue weighted by atomic mass is 10.1. The van der Waals surface area contributed by atoms with Crippen LogP contribution in [0, 0.1) is 6.92 Å². The third kappa shape index (κ3) is 4.69. The molecule has 3 rings (SSSR count). The van der Waals surface area contributed by atoms with Gasteiger partial charge in [0.05, 0.1) is 23.3 Å². The van der Waals surface area contributed by atoms with Crippen LogP contribution in [-0.2, 0) is 9.59 Å². The van der Waals surface area contributed by atoms with Crippen LogP contribution in [0.1, 0.15) is 21.5 Å². The summed E-state index contributed by atoms with van der Waals surface area (Å²) in [5.41, 5.74) is 1.65. The number of benzene rings is 2. The number of para-hydroxylation sites is 1. The molecule has 0 unspecified atom stereocenters. The van der Waals surface area contributed by atoms with Gasteiger partial charge in [-0.15, -0.1) is 0 Å². The van der Waals surface area contributed by atoms with Gasteiger partial charge in [-0.25, -0.2) is 4.79 Å². The minimum absolute atomic E-state index is 0.0320. The summed E-state index contributed by atoms with van der Waals surface area (Å²) in [7, 11) is 1.54. The fraction of sp³-hybridized carbons (Fsp3) is 0.143. The number of carbonyl (C=O) groups is 3. The van der Waals surface area contributed by atoms with E-state index in [1.165, 1.54) is 11.0 Å². The molecule has 0 spiro atoms. The number of rotatable bonds is 6. The third-order valence-electron chi connectivity index (χ3n) is 4.28. The van der Waals surface area contributed by atoms with Crippen LogP contribution < -0.4 is 10.1 Å². The molecular formula is C21H18N2O5S2. The maximum Gasteiger partial charge on any atom is 0.337 e. The predicted molar refractivity (Wildman–Crippen MR) is 120 cm³/mol. The number of thioether (sulfide) groups is 1. The minimum Gasteiger partial charge on any atom is -0.496 e. The lowest BCUT2D eigenvalue weighted by Crippen LogP contribution is -2.36. The number of nitrogens with zero attached hydrogens (tertiary/aromatic N) is 1. The number of hydrogen-bond acceptors (Lipinski definition) is 6. The van der Waals surface area contributed by atoms with Crippen molar-refractivity contribution in [3.8, 4) is 5.75 Å². The molecule has 9 heteroatoms. The quantitative estimate of drug-likeness (QED) is 0.522. The van der Waals surface area contributed by atoms with Crippen molar-refractivity contribution < 1.29 is 24.2 Å². The number of hydrogen-bond donors (Lipinski definition) is 2. The second-order valence-electron chi connectivity index (χ2n) is 6.41. The summed E-state index contributed by atoms with van der Waals surface area (Å²) in [6.45, 7) is 1.47. The number of carboxylic acids is 1. The van der Waals surface area contributed by atoms with Gasteiger partial charge in [-0.3, -0.25) is 14.5 Å². The number of thiocarbonyl (C=S) groups is 1. The molecule has 0 bridgehead atoms. The van der Waals surface area contributed by atoms with Crippen LogP contribution >= 0.6 is 24.0 Å². The van der Waals surface area contributed by atoms with Crippen molar-refractivity contribution in [3.63, 3.8) is 0 Å². The van der Waals surface area contributed by atoms with Crippen molar-refractivity contribution >= 4 is 57.8 Å². The molecule has 0 aromatic heterocycles. The zero-order valence-corrected chi connectivity index (χ0v) is 17.8. The lowest BCUT2D eigenvalue weighted by molar-refractivity contribution is -0.126. The summed E-state index contributed by atoms with van der Waals surface area (Å²) in [6, 6.07) is 11.9. The van der Waals surface area contributed by atoms with Crippen LogP contribution in [0.5, 0.6) is 5.75 Å². The molecule has 2 aromatic carbocycles. The van der Waals surface area contributed by atoms with Crippen molar-refractivity contribution in [2.24, 2.45) is 0 Å². The number of aromatic carboxylic acids is 1. The first-order valence-electron chi connectivity index (χ1n) is 8.82. The predicted octanol–water partition coefficient (Wildman–Crippen LogP) is 3.54. The largest absolute Gasteiger partial charge is 0.496 e. The first kappa shape index (κ1) is 21.5. The molecule has 1 fully saturated rings. The second kappa shape index (κ2) is 9.10. The molecule has 0 atom stereocenters. The molecule has 0 saturated carbocycles. The molecule has 1 saturated heterocycles. The Balaban J connectivity index is 1.76. The minimum atomic E-state index is -1.16. The molecule has 2 N–H and O–H groups in total. The summed E-state index contributed by atoms with van der Waals surface area (Å²) in [6.07, 6.45) is 1.67. The van der Waals surface area contributed by atoms with E-state index >= 15 is 0 Å². The van der Waals surface area contributed by atoms with Crippen LogP contribution in [0.15, 0.2) is 47.4 Å². The molecule has 2 aromatic rings. The molecular weight excluding hydrogens is 424 g/mol. The third-order valence-corrected chi connectivity index (χ3v) is 5.66. The summed E-state index contributed by atoms with van der Waals surface area (Å²) < 4.78 is 5.54. The number of methoxy groups -OCH3 is 1. The number of ether oxygens (including phenoxy) is 1. The van der Waals surface area contributed by atoms with E-state index in [0.29, 0.717) is 10.7 Å². The van der Waals surface area contributed by atoms with E-state index in [-0.39, 0.29) is 22.1 Å². The first-order valence-corrected chi connectivity index (χ1v) is 10.0. The average Bonchev–Trinajstić information content (AvgIpc) is 2.95. The molecule has 1 heterocycles. The number of aryl methyl sites for hydroxylation is 1. The molecule has 1 aliphatic heterocycles. The highest BCUT2D eigenvalue weighted by Crippen LogP contribution is 2.34. The van der Waals surface area contributed by atoms with Crippen molar-refractivity contribution in [3.05, 3.63) is 64.1 Å². The van der Waals surface area contributed by atoms with Gasteiger partial charge in [-0.1, -0.05) is 48.2 Å². The highest BCUT2D eigenvalue weighted by atomic mass is 32.2. The van der Waals surface area contributed by atoms with Crippen molar-refractivity contribution in [1.82, 2.24) is 4.90 Å². The maximum atomic E-state index is 12.8. The number of amides is 2. The van der Waals surface area contributed by atoms with Crippen molar-refractivity contribution in [2.45, 2.75) is 6.92 Å². The summed E-state index contributed by atoms with van der Waals surface area (Å²) in [4.78, 5) is 38.2. The van der Waals surface area contributed by atoms with E-state index < -0.39 is 17.8 Å². The highest BCUT2D eigenvalue weighted by Gasteiger charge is 2.33. The zero-order chi connectivity index (χ0) is 21.8. The summed E-state index contributed by atoms with van der Waals surface area (Å²) in [5, 5.41) is 11.9. The van der Waals surface area contributed by atoms with Crippen LogP contribution in [0.3, 0.4) is 0 Å². The summed E-state index contributed by atoms with van der Waals surface area (Å²) in [5.74, 6) is -1.48.